The molecule has 1 unspecified atom stereocenters. The van der Waals surface area contributed by atoms with Gasteiger partial charge in [0.15, 0.2) is 0 Å². The molecule has 4 atom stereocenters. The van der Waals surface area contributed by atoms with Crippen molar-refractivity contribution in [1.29, 1.82) is 0 Å². The summed E-state index contributed by atoms with van der Waals surface area (Å²) in [5.41, 5.74) is 8.43. The highest BCUT2D eigenvalue weighted by Gasteiger charge is 2.43. The number of aliphatic hydroxyl groups excluding tert-OH is 2. The molecule has 0 amide bonds. The number of aliphatic hydroxyl groups is 2. The largest absolute Gasteiger partial charge is 0.389 e. The zero-order chi connectivity index (χ0) is 13.6. The third kappa shape index (κ3) is 1.83. The summed E-state index contributed by atoms with van der Waals surface area (Å²) < 4.78 is 0. The summed E-state index contributed by atoms with van der Waals surface area (Å²) in [5.74, 6) is 0.483. The highest BCUT2D eigenvalue weighted by molar-refractivity contribution is 5.77. The van der Waals surface area contributed by atoms with Crippen LogP contribution in [0.5, 0.6) is 0 Å². The molecule has 1 aliphatic carbocycles. The van der Waals surface area contributed by atoms with Crippen LogP contribution in [0, 0.1) is 0 Å². The number of hydrogen-bond acceptors (Lipinski definition) is 6. The van der Waals surface area contributed by atoms with E-state index in [0.717, 1.165) is 23.3 Å². The minimum absolute atomic E-state index is 0.0934. The monoisotopic (exact) mass is 262 g/mol. The molecule has 0 saturated carbocycles. The Labute approximate surface area is 111 Å². The van der Waals surface area contributed by atoms with Crippen LogP contribution in [-0.2, 0) is 6.42 Å². The van der Waals surface area contributed by atoms with Crippen molar-refractivity contribution >= 4 is 11.4 Å². The molecule has 6 heteroatoms. The van der Waals surface area contributed by atoms with Gasteiger partial charge >= 0.3 is 0 Å². The van der Waals surface area contributed by atoms with Crippen molar-refractivity contribution in [2.45, 2.75) is 44.1 Å². The summed E-state index contributed by atoms with van der Waals surface area (Å²) in [5, 5.41) is 23.5. The Bertz CT molecular complexity index is 531. The molecule has 0 radical (unpaired) electrons. The fourth-order valence-corrected chi connectivity index (χ4v) is 2.96. The van der Waals surface area contributed by atoms with Crippen LogP contribution < -0.4 is 11.1 Å². The zero-order valence-electron chi connectivity index (χ0n) is 10.7. The molecule has 6 nitrogen and oxygen atoms in total. The van der Waals surface area contributed by atoms with Crippen LogP contribution in [0.4, 0.5) is 5.82 Å². The molecule has 3 rings (SSSR count). The number of nitrogens with one attached hydrogen (secondary N) is 1. The number of aromatic nitrogens is 2. The Balaban J connectivity index is 1.92. The van der Waals surface area contributed by atoms with Gasteiger partial charge in [-0.15, -0.1) is 0 Å². The standard InChI is InChI=1S/C13H18N4O2/c1-2-8-11(18)12(19)10(17-8)6-3-4-7-9(6)15-5-16-13(7)14/h3,5,8,10-12,17-19H,2,4H2,1H3,(H2,14,15,16)/t8-,10?,11-,12+/m1/s1. The topological polar surface area (TPSA) is 104 Å². The van der Waals surface area contributed by atoms with Gasteiger partial charge in [-0.25, -0.2) is 9.97 Å². The molecular weight excluding hydrogens is 244 g/mol. The summed E-state index contributed by atoms with van der Waals surface area (Å²) in [7, 11) is 0. The second-order valence-electron chi connectivity index (χ2n) is 5.09. The van der Waals surface area contributed by atoms with Gasteiger partial charge in [0.05, 0.1) is 17.8 Å². The summed E-state index contributed by atoms with van der Waals surface area (Å²) in [6.07, 6.45) is 3.30. The Morgan fingerprint density at radius 2 is 2.16 bits per heavy atom. The smallest absolute Gasteiger partial charge is 0.130 e. The fraction of sp³-hybridized carbons (Fsp3) is 0.538. The van der Waals surface area contributed by atoms with Crippen LogP contribution in [-0.4, -0.2) is 44.5 Å². The highest BCUT2D eigenvalue weighted by atomic mass is 16.3. The molecule has 1 fully saturated rings. The Kier molecular flexibility index (Phi) is 3.00. The Morgan fingerprint density at radius 3 is 2.84 bits per heavy atom. The molecule has 1 saturated heterocycles. The number of hydrogen-bond donors (Lipinski definition) is 4. The Hall–Kier alpha value is -1.50. The second kappa shape index (κ2) is 4.56. The number of nitrogens with zero attached hydrogens (tertiary/aromatic N) is 2. The van der Waals surface area contributed by atoms with Gasteiger partial charge in [0, 0.05) is 11.6 Å². The van der Waals surface area contributed by atoms with E-state index in [9.17, 15) is 10.2 Å². The second-order valence-corrected chi connectivity index (χ2v) is 5.09. The summed E-state index contributed by atoms with van der Waals surface area (Å²) in [4.78, 5) is 8.24. The number of nitrogens with two attached hydrogens (primary N) is 1. The summed E-state index contributed by atoms with van der Waals surface area (Å²) >= 11 is 0. The first kappa shape index (κ1) is 12.5. The lowest BCUT2D eigenvalue weighted by atomic mass is 9.99. The van der Waals surface area contributed by atoms with Crippen LogP contribution >= 0.6 is 0 Å². The third-order valence-electron chi connectivity index (χ3n) is 4.05. The van der Waals surface area contributed by atoms with Crippen LogP contribution in [0.2, 0.25) is 0 Å². The van der Waals surface area contributed by atoms with Crippen molar-refractivity contribution in [1.82, 2.24) is 15.3 Å². The van der Waals surface area contributed by atoms with Gasteiger partial charge in [-0.3, -0.25) is 0 Å². The number of rotatable bonds is 2. The van der Waals surface area contributed by atoms with E-state index in [2.05, 4.69) is 15.3 Å². The molecule has 2 aliphatic rings. The van der Waals surface area contributed by atoms with E-state index in [-0.39, 0.29) is 12.1 Å². The fourth-order valence-electron chi connectivity index (χ4n) is 2.96. The number of nitrogen functional groups attached to an aromatic ring is 1. The minimum atomic E-state index is -0.821. The van der Waals surface area contributed by atoms with E-state index >= 15 is 0 Å². The molecule has 2 heterocycles. The SMILES string of the molecule is CC[C@H]1NC(C2=CCc3c(N)ncnc32)[C@H](O)[C@@H]1O. The average Bonchev–Trinajstić information content (AvgIpc) is 2.94. The highest BCUT2D eigenvalue weighted by Crippen LogP contribution is 2.34. The molecule has 0 aromatic carbocycles. The summed E-state index contributed by atoms with van der Waals surface area (Å²) in [6.45, 7) is 1.98. The van der Waals surface area contributed by atoms with Gasteiger partial charge in [0.2, 0.25) is 0 Å². The first-order valence-electron chi connectivity index (χ1n) is 6.55. The van der Waals surface area contributed by atoms with Crippen molar-refractivity contribution in [2.75, 3.05) is 5.73 Å². The first-order valence-corrected chi connectivity index (χ1v) is 6.55. The van der Waals surface area contributed by atoms with Crippen molar-refractivity contribution in [2.24, 2.45) is 0 Å². The van der Waals surface area contributed by atoms with Gasteiger partial charge in [-0.1, -0.05) is 13.0 Å². The molecule has 5 N–H and O–H groups in total. The van der Waals surface area contributed by atoms with Crippen molar-refractivity contribution in [3.63, 3.8) is 0 Å². The van der Waals surface area contributed by atoms with Gasteiger partial charge in [-0.05, 0) is 18.4 Å². The Morgan fingerprint density at radius 1 is 1.37 bits per heavy atom. The van der Waals surface area contributed by atoms with E-state index < -0.39 is 12.2 Å². The van der Waals surface area contributed by atoms with Crippen molar-refractivity contribution in [3.05, 3.63) is 23.7 Å². The van der Waals surface area contributed by atoms with Gasteiger partial charge in [0.25, 0.3) is 0 Å². The lowest BCUT2D eigenvalue weighted by Crippen LogP contribution is -2.34. The van der Waals surface area contributed by atoms with E-state index in [0.29, 0.717) is 12.2 Å². The quantitative estimate of drug-likeness (QED) is 0.571. The predicted molar refractivity (Wildman–Crippen MR) is 71.1 cm³/mol. The van der Waals surface area contributed by atoms with Crippen LogP contribution in [0.25, 0.3) is 5.57 Å². The molecule has 1 aliphatic heterocycles. The molecular formula is C13H18N4O2. The van der Waals surface area contributed by atoms with Crippen LogP contribution in [0.3, 0.4) is 0 Å². The van der Waals surface area contributed by atoms with Gasteiger partial charge in [-0.2, -0.15) is 0 Å². The number of fused-ring (bicyclic) bond motifs is 1. The molecule has 0 bridgehead atoms. The molecule has 1 aromatic heterocycles. The summed E-state index contributed by atoms with van der Waals surface area (Å²) in [6, 6.07) is -0.389. The molecule has 102 valence electrons. The predicted octanol–water partition coefficient (Wildman–Crippen LogP) is -0.530. The maximum absolute atomic E-state index is 10.2. The van der Waals surface area contributed by atoms with Gasteiger partial charge < -0.3 is 21.3 Å². The van der Waals surface area contributed by atoms with Crippen molar-refractivity contribution in [3.8, 4) is 0 Å². The normalized spacial score (nSPS) is 33.3. The maximum atomic E-state index is 10.2. The maximum Gasteiger partial charge on any atom is 0.130 e. The number of anilines is 1. The van der Waals surface area contributed by atoms with E-state index in [1.54, 1.807) is 0 Å². The van der Waals surface area contributed by atoms with Crippen LogP contribution in [0.15, 0.2) is 12.4 Å². The van der Waals surface area contributed by atoms with E-state index in [1.807, 2.05) is 13.0 Å². The van der Waals surface area contributed by atoms with Crippen LogP contribution in [0.1, 0.15) is 24.6 Å². The third-order valence-corrected chi connectivity index (χ3v) is 4.05. The van der Waals surface area contributed by atoms with E-state index in [1.165, 1.54) is 6.33 Å². The molecule has 0 spiro atoms. The minimum Gasteiger partial charge on any atom is -0.389 e. The lowest BCUT2D eigenvalue weighted by Gasteiger charge is -2.18. The molecule has 1 aromatic rings. The lowest BCUT2D eigenvalue weighted by molar-refractivity contribution is 0.0339. The average molecular weight is 262 g/mol. The zero-order valence-corrected chi connectivity index (χ0v) is 10.7. The van der Waals surface area contributed by atoms with Gasteiger partial charge in [0.1, 0.15) is 18.2 Å². The first-order chi connectivity index (χ1) is 9.13. The van der Waals surface area contributed by atoms with E-state index in [4.69, 9.17) is 5.73 Å². The molecule has 19 heavy (non-hydrogen) atoms. The van der Waals surface area contributed by atoms with Crippen molar-refractivity contribution < 1.29 is 10.2 Å². The number of allylic oxidation sites excluding steroid dienone is 1.